The summed E-state index contributed by atoms with van der Waals surface area (Å²) in [4.78, 5) is 11.9. The zero-order chi connectivity index (χ0) is 13.5. The predicted molar refractivity (Wildman–Crippen MR) is 76.5 cm³/mol. The summed E-state index contributed by atoms with van der Waals surface area (Å²) < 4.78 is 0. The lowest BCUT2D eigenvalue weighted by atomic mass is 9.78. The van der Waals surface area contributed by atoms with Gasteiger partial charge in [-0.1, -0.05) is 40.5 Å². The van der Waals surface area contributed by atoms with Gasteiger partial charge in [0.1, 0.15) is 0 Å². The molecule has 1 amide bonds. The average Bonchev–Trinajstić information content (AvgIpc) is 2.28. The molecule has 2 N–H and O–H groups in total. The molecule has 0 spiro atoms. The lowest BCUT2D eigenvalue weighted by Crippen LogP contribution is -2.44. The van der Waals surface area contributed by atoms with Crippen molar-refractivity contribution in [2.45, 2.75) is 71.9 Å². The van der Waals surface area contributed by atoms with Crippen LogP contribution in [0.5, 0.6) is 0 Å². The minimum absolute atomic E-state index is 0.209. The fourth-order valence-corrected chi connectivity index (χ4v) is 2.89. The van der Waals surface area contributed by atoms with Crippen LogP contribution in [0.4, 0.5) is 0 Å². The molecule has 1 aliphatic rings. The number of carbonyl (C=O) groups is 1. The van der Waals surface area contributed by atoms with E-state index in [2.05, 4.69) is 38.3 Å². The molecule has 3 heteroatoms. The maximum atomic E-state index is 11.9. The van der Waals surface area contributed by atoms with Crippen molar-refractivity contribution >= 4 is 5.91 Å². The molecule has 0 radical (unpaired) electrons. The van der Waals surface area contributed by atoms with Gasteiger partial charge in [0.05, 0.1) is 0 Å². The van der Waals surface area contributed by atoms with Crippen LogP contribution in [0.15, 0.2) is 0 Å². The first kappa shape index (κ1) is 15.5. The second-order valence-corrected chi connectivity index (χ2v) is 6.23. The molecule has 106 valence electrons. The van der Waals surface area contributed by atoms with E-state index in [4.69, 9.17) is 0 Å². The quantitative estimate of drug-likeness (QED) is 0.765. The monoisotopic (exact) mass is 254 g/mol. The molecule has 0 saturated heterocycles. The highest BCUT2D eigenvalue weighted by Crippen LogP contribution is 2.30. The van der Waals surface area contributed by atoms with Crippen LogP contribution in [0.25, 0.3) is 0 Å². The first-order valence-corrected chi connectivity index (χ1v) is 7.53. The smallest absolute Gasteiger partial charge is 0.221 e. The molecule has 0 aromatic rings. The first-order chi connectivity index (χ1) is 8.50. The van der Waals surface area contributed by atoms with E-state index < -0.39 is 0 Å². The SMILES string of the molecule is CC(C)NCCC(=O)NC1CCCCC1C(C)C. The summed E-state index contributed by atoms with van der Waals surface area (Å²) in [5, 5.41) is 6.53. The predicted octanol–water partition coefficient (Wildman–Crippen LogP) is 2.71. The number of carbonyl (C=O) groups excluding carboxylic acids is 1. The molecule has 1 saturated carbocycles. The number of nitrogens with one attached hydrogen (secondary N) is 2. The molecule has 18 heavy (non-hydrogen) atoms. The van der Waals surface area contributed by atoms with Gasteiger partial charge in [-0.3, -0.25) is 4.79 Å². The topological polar surface area (TPSA) is 41.1 Å². The van der Waals surface area contributed by atoms with Crippen LogP contribution in [-0.4, -0.2) is 24.5 Å². The molecule has 0 aromatic carbocycles. The number of amides is 1. The standard InChI is InChI=1S/C15H30N2O/c1-11(2)13-7-5-6-8-14(13)17-15(18)9-10-16-12(3)4/h11-14,16H,5-10H2,1-4H3,(H,17,18). The maximum absolute atomic E-state index is 11.9. The largest absolute Gasteiger partial charge is 0.353 e. The van der Waals surface area contributed by atoms with Gasteiger partial charge in [-0.2, -0.15) is 0 Å². The normalized spacial score (nSPS) is 24.6. The maximum Gasteiger partial charge on any atom is 0.221 e. The van der Waals surface area contributed by atoms with Crippen molar-refractivity contribution in [3.63, 3.8) is 0 Å². The molecule has 1 aliphatic carbocycles. The third-order valence-corrected chi connectivity index (χ3v) is 3.93. The van der Waals surface area contributed by atoms with Gasteiger partial charge in [-0.25, -0.2) is 0 Å². The fourth-order valence-electron chi connectivity index (χ4n) is 2.89. The van der Waals surface area contributed by atoms with Crippen LogP contribution >= 0.6 is 0 Å². The molecule has 1 rings (SSSR count). The van der Waals surface area contributed by atoms with Crippen LogP contribution in [0.3, 0.4) is 0 Å². The third kappa shape index (κ3) is 5.38. The van der Waals surface area contributed by atoms with E-state index in [1.54, 1.807) is 0 Å². The van der Waals surface area contributed by atoms with Crippen LogP contribution < -0.4 is 10.6 Å². The van der Waals surface area contributed by atoms with Gasteiger partial charge in [0.25, 0.3) is 0 Å². The van der Waals surface area contributed by atoms with Crippen LogP contribution in [0.2, 0.25) is 0 Å². The van der Waals surface area contributed by atoms with E-state index >= 15 is 0 Å². The highest BCUT2D eigenvalue weighted by Gasteiger charge is 2.28. The summed E-state index contributed by atoms with van der Waals surface area (Å²) >= 11 is 0. The van der Waals surface area contributed by atoms with Crippen LogP contribution in [-0.2, 0) is 4.79 Å². The van der Waals surface area contributed by atoms with Crippen molar-refractivity contribution in [1.29, 1.82) is 0 Å². The molecule has 0 heterocycles. The lowest BCUT2D eigenvalue weighted by Gasteiger charge is -2.35. The highest BCUT2D eigenvalue weighted by molar-refractivity contribution is 5.76. The Kier molecular flexibility index (Phi) is 6.69. The Hall–Kier alpha value is -0.570. The Bertz CT molecular complexity index is 251. The zero-order valence-electron chi connectivity index (χ0n) is 12.5. The summed E-state index contributed by atoms with van der Waals surface area (Å²) in [6, 6.07) is 0.862. The van der Waals surface area contributed by atoms with Crippen molar-refractivity contribution in [2.75, 3.05) is 6.54 Å². The van der Waals surface area contributed by atoms with Crippen molar-refractivity contribution < 1.29 is 4.79 Å². The summed E-state index contributed by atoms with van der Waals surface area (Å²) in [7, 11) is 0. The van der Waals surface area contributed by atoms with Crippen LogP contribution in [0, 0.1) is 11.8 Å². The lowest BCUT2D eigenvalue weighted by molar-refractivity contribution is -0.122. The van der Waals surface area contributed by atoms with Gasteiger partial charge >= 0.3 is 0 Å². The molecule has 0 aliphatic heterocycles. The first-order valence-electron chi connectivity index (χ1n) is 7.53. The van der Waals surface area contributed by atoms with Crippen molar-refractivity contribution in [3.8, 4) is 0 Å². The Balaban J connectivity index is 2.32. The van der Waals surface area contributed by atoms with E-state index in [0.29, 0.717) is 30.3 Å². The highest BCUT2D eigenvalue weighted by atomic mass is 16.1. The Morgan fingerprint density at radius 3 is 2.44 bits per heavy atom. The van der Waals surface area contributed by atoms with Gasteiger partial charge in [-0.05, 0) is 24.7 Å². The molecule has 2 atom stereocenters. The van der Waals surface area contributed by atoms with Gasteiger partial charge < -0.3 is 10.6 Å². The molecular formula is C15H30N2O. The molecule has 0 bridgehead atoms. The summed E-state index contributed by atoms with van der Waals surface area (Å²) in [5.41, 5.74) is 0. The van der Waals surface area contributed by atoms with E-state index in [0.717, 1.165) is 13.0 Å². The van der Waals surface area contributed by atoms with Gasteiger partial charge in [-0.15, -0.1) is 0 Å². The summed E-state index contributed by atoms with van der Waals surface area (Å²) in [5.74, 6) is 1.55. The second kappa shape index (κ2) is 7.78. The van der Waals surface area contributed by atoms with Crippen molar-refractivity contribution in [1.82, 2.24) is 10.6 Å². The molecular weight excluding hydrogens is 224 g/mol. The molecule has 1 fully saturated rings. The second-order valence-electron chi connectivity index (χ2n) is 6.23. The summed E-state index contributed by atoms with van der Waals surface area (Å²) in [6.45, 7) is 9.54. The van der Waals surface area contributed by atoms with Gasteiger partial charge in [0.15, 0.2) is 0 Å². The number of hydrogen-bond acceptors (Lipinski definition) is 2. The molecule has 3 nitrogen and oxygen atoms in total. The number of rotatable bonds is 6. The Morgan fingerprint density at radius 1 is 1.17 bits per heavy atom. The van der Waals surface area contributed by atoms with Crippen LogP contribution in [0.1, 0.15) is 59.8 Å². The fraction of sp³-hybridized carbons (Fsp3) is 0.933. The Morgan fingerprint density at radius 2 is 1.83 bits per heavy atom. The van der Waals surface area contributed by atoms with Gasteiger partial charge in [0.2, 0.25) is 5.91 Å². The Labute approximate surface area is 112 Å². The number of hydrogen-bond donors (Lipinski definition) is 2. The van der Waals surface area contributed by atoms with Crippen molar-refractivity contribution in [2.24, 2.45) is 11.8 Å². The zero-order valence-corrected chi connectivity index (χ0v) is 12.5. The van der Waals surface area contributed by atoms with E-state index in [1.165, 1.54) is 19.3 Å². The van der Waals surface area contributed by atoms with E-state index in [9.17, 15) is 4.79 Å². The molecule has 2 unspecified atom stereocenters. The molecule has 0 aromatic heterocycles. The van der Waals surface area contributed by atoms with E-state index in [1.807, 2.05) is 0 Å². The average molecular weight is 254 g/mol. The van der Waals surface area contributed by atoms with E-state index in [-0.39, 0.29) is 5.91 Å². The minimum Gasteiger partial charge on any atom is -0.353 e. The van der Waals surface area contributed by atoms with Gasteiger partial charge in [0, 0.05) is 25.0 Å². The third-order valence-electron chi connectivity index (χ3n) is 3.93. The summed E-state index contributed by atoms with van der Waals surface area (Å²) in [6.07, 6.45) is 5.61. The van der Waals surface area contributed by atoms with Crippen molar-refractivity contribution in [3.05, 3.63) is 0 Å². The minimum atomic E-state index is 0.209.